The fraction of sp³-hybridized carbons (Fsp3) is 0.500. The molecule has 1 aliphatic rings. The van der Waals surface area contributed by atoms with Gasteiger partial charge in [0, 0.05) is 10.7 Å². The molecule has 2 N–H and O–H groups in total. The molecule has 0 radical (unpaired) electrons. The van der Waals surface area contributed by atoms with Gasteiger partial charge in [-0.05, 0) is 43.0 Å². The zero-order valence-electron chi connectivity index (χ0n) is 10.8. The minimum atomic E-state index is -0.148. The minimum Gasteiger partial charge on any atom is -0.325 e. The highest BCUT2D eigenvalue weighted by atomic mass is 35.5. The molecular weight excluding hydrogens is 248 g/mol. The third-order valence-electron chi connectivity index (χ3n) is 3.48. The second kappa shape index (κ2) is 5.29. The molecule has 3 nitrogen and oxygen atoms in total. The summed E-state index contributed by atoms with van der Waals surface area (Å²) in [4.78, 5) is 12.3. The first-order valence-corrected chi connectivity index (χ1v) is 6.67. The molecule has 1 heterocycles. The lowest BCUT2D eigenvalue weighted by atomic mass is 9.77. The zero-order chi connectivity index (χ0) is 13.2. The molecule has 0 aliphatic carbocycles. The first kappa shape index (κ1) is 13.4. The zero-order valence-corrected chi connectivity index (χ0v) is 11.6. The molecule has 1 aromatic carbocycles. The number of hydrogen-bond acceptors (Lipinski definition) is 2. The molecule has 0 bridgehead atoms. The number of rotatable bonds is 2. The summed E-state index contributed by atoms with van der Waals surface area (Å²) in [6.45, 7) is 5.15. The largest absolute Gasteiger partial charge is 0.325 e. The Balaban J connectivity index is 2.07. The number of nitrogens with one attached hydrogen (secondary N) is 2. The molecule has 0 spiro atoms. The maximum Gasteiger partial charge on any atom is 0.242 e. The fourth-order valence-corrected chi connectivity index (χ4v) is 2.63. The lowest BCUT2D eigenvalue weighted by Crippen LogP contribution is -2.53. The highest BCUT2D eigenvalue weighted by molar-refractivity contribution is 6.30. The van der Waals surface area contributed by atoms with Crippen LogP contribution in [0, 0.1) is 5.41 Å². The van der Waals surface area contributed by atoms with Crippen LogP contribution in [0.15, 0.2) is 24.3 Å². The summed E-state index contributed by atoms with van der Waals surface area (Å²) in [7, 11) is 0. The molecule has 2 rings (SSSR count). The Bertz CT molecular complexity index is 445. The van der Waals surface area contributed by atoms with E-state index in [0.29, 0.717) is 5.02 Å². The van der Waals surface area contributed by atoms with Gasteiger partial charge in [0.25, 0.3) is 0 Å². The van der Waals surface area contributed by atoms with Crippen molar-refractivity contribution in [2.45, 2.75) is 32.7 Å². The predicted molar refractivity (Wildman–Crippen MR) is 74.9 cm³/mol. The van der Waals surface area contributed by atoms with Crippen LogP contribution in [-0.2, 0) is 4.79 Å². The first-order valence-electron chi connectivity index (χ1n) is 6.29. The van der Waals surface area contributed by atoms with E-state index >= 15 is 0 Å². The Hall–Kier alpha value is -1.06. The standard InChI is InChI=1S/C14H19ClN2O/c1-14(2)7-4-8-16-12(14)13(18)17-11-6-3-5-10(15)9-11/h3,5-6,9,12,16H,4,7-8H2,1-2H3,(H,17,18). The number of carbonyl (C=O) groups is 1. The molecule has 4 heteroatoms. The van der Waals surface area contributed by atoms with Crippen molar-refractivity contribution in [3.05, 3.63) is 29.3 Å². The molecule has 1 saturated heterocycles. The number of amides is 1. The van der Waals surface area contributed by atoms with E-state index in [1.165, 1.54) is 0 Å². The molecule has 0 saturated carbocycles. The molecule has 98 valence electrons. The van der Waals surface area contributed by atoms with Gasteiger partial charge < -0.3 is 10.6 Å². The van der Waals surface area contributed by atoms with Crippen molar-refractivity contribution in [2.24, 2.45) is 5.41 Å². The molecule has 1 aliphatic heterocycles. The van der Waals surface area contributed by atoms with Gasteiger partial charge >= 0.3 is 0 Å². The van der Waals surface area contributed by atoms with Gasteiger partial charge in [-0.15, -0.1) is 0 Å². The van der Waals surface area contributed by atoms with Crippen LogP contribution >= 0.6 is 11.6 Å². The van der Waals surface area contributed by atoms with Crippen LogP contribution in [0.5, 0.6) is 0 Å². The molecule has 1 atom stereocenters. The first-order chi connectivity index (χ1) is 8.49. The third kappa shape index (κ3) is 3.03. The lowest BCUT2D eigenvalue weighted by molar-refractivity contribution is -0.121. The highest BCUT2D eigenvalue weighted by Gasteiger charge is 2.36. The van der Waals surface area contributed by atoms with E-state index in [9.17, 15) is 4.79 Å². The van der Waals surface area contributed by atoms with Gasteiger partial charge in [-0.1, -0.05) is 31.5 Å². The van der Waals surface area contributed by atoms with Crippen LogP contribution in [0.4, 0.5) is 5.69 Å². The number of anilines is 1. The maximum atomic E-state index is 12.3. The van der Waals surface area contributed by atoms with Crippen LogP contribution in [0.2, 0.25) is 5.02 Å². The summed E-state index contributed by atoms with van der Waals surface area (Å²) in [5.74, 6) is 0.0157. The number of carbonyl (C=O) groups excluding carboxylic acids is 1. The molecule has 1 unspecified atom stereocenters. The molecule has 1 amide bonds. The normalized spacial score (nSPS) is 22.5. The highest BCUT2D eigenvalue weighted by Crippen LogP contribution is 2.30. The smallest absolute Gasteiger partial charge is 0.242 e. The van der Waals surface area contributed by atoms with Crippen LogP contribution < -0.4 is 10.6 Å². The van der Waals surface area contributed by atoms with Crippen molar-refractivity contribution in [2.75, 3.05) is 11.9 Å². The van der Waals surface area contributed by atoms with E-state index in [0.717, 1.165) is 25.1 Å². The Morgan fingerprint density at radius 2 is 2.28 bits per heavy atom. The van der Waals surface area contributed by atoms with Gasteiger partial charge in [-0.25, -0.2) is 0 Å². The van der Waals surface area contributed by atoms with Crippen molar-refractivity contribution in [3.63, 3.8) is 0 Å². The summed E-state index contributed by atoms with van der Waals surface area (Å²) in [6, 6.07) is 7.08. The van der Waals surface area contributed by atoms with Crippen molar-refractivity contribution in [1.29, 1.82) is 0 Å². The van der Waals surface area contributed by atoms with Gasteiger partial charge in [0.15, 0.2) is 0 Å². The third-order valence-corrected chi connectivity index (χ3v) is 3.72. The van der Waals surface area contributed by atoms with Crippen molar-refractivity contribution < 1.29 is 4.79 Å². The summed E-state index contributed by atoms with van der Waals surface area (Å²) < 4.78 is 0. The van der Waals surface area contributed by atoms with Crippen molar-refractivity contribution >= 4 is 23.2 Å². The molecule has 1 fully saturated rings. The second-order valence-electron chi connectivity index (χ2n) is 5.48. The fourth-order valence-electron chi connectivity index (χ4n) is 2.44. The van der Waals surface area contributed by atoms with Crippen molar-refractivity contribution in [1.82, 2.24) is 5.32 Å². The number of halogens is 1. The predicted octanol–water partition coefficient (Wildman–Crippen LogP) is 3.06. The maximum absolute atomic E-state index is 12.3. The van der Waals surface area contributed by atoms with Gasteiger partial charge in [0.2, 0.25) is 5.91 Å². The Labute approximate surface area is 113 Å². The Morgan fingerprint density at radius 3 is 2.94 bits per heavy atom. The topological polar surface area (TPSA) is 41.1 Å². The van der Waals surface area contributed by atoms with Crippen LogP contribution in [-0.4, -0.2) is 18.5 Å². The van der Waals surface area contributed by atoms with Gasteiger partial charge in [-0.3, -0.25) is 4.79 Å². The van der Waals surface area contributed by atoms with Crippen LogP contribution in [0.25, 0.3) is 0 Å². The van der Waals surface area contributed by atoms with Gasteiger partial charge in [0.1, 0.15) is 0 Å². The molecular formula is C14H19ClN2O. The van der Waals surface area contributed by atoms with E-state index < -0.39 is 0 Å². The van der Waals surface area contributed by atoms with Gasteiger partial charge in [0.05, 0.1) is 6.04 Å². The Kier molecular flexibility index (Phi) is 3.93. The number of benzene rings is 1. The molecule has 0 aromatic heterocycles. The SMILES string of the molecule is CC1(C)CCCNC1C(=O)Nc1cccc(Cl)c1. The van der Waals surface area contributed by atoms with Gasteiger partial charge in [-0.2, -0.15) is 0 Å². The lowest BCUT2D eigenvalue weighted by Gasteiger charge is -2.38. The van der Waals surface area contributed by atoms with Crippen molar-refractivity contribution in [3.8, 4) is 0 Å². The van der Waals surface area contributed by atoms with E-state index in [1.807, 2.05) is 12.1 Å². The summed E-state index contributed by atoms with van der Waals surface area (Å²) in [5, 5.41) is 6.85. The molecule has 1 aromatic rings. The van der Waals surface area contributed by atoms with E-state index in [4.69, 9.17) is 11.6 Å². The summed E-state index contributed by atoms with van der Waals surface area (Å²) in [5.41, 5.74) is 0.733. The monoisotopic (exact) mass is 266 g/mol. The van der Waals surface area contributed by atoms with E-state index in [-0.39, 0.29) is 17.4 Å². The Morgan fingerprint density at radius 1 is 1.50 bits per heavy atom. The average Bonchev–Trinajstić information content (AvgIpc) is 2.28. The van der Waals surface area contributed by atoms with E-state index in [1.54, 1.807) is 12.1 Å². The van der Waals surface area contributed by atoms with E-state index in [2.05, 4.69) is 24.5 Å². The molecule has 18 heavy (non-hydrogen) atoms. The van der Waals surface area contributed by atoms with Crippen LogP contribution in [0.1, 0.15) is 26.7 Å². The minimum absolute atomic E-state index is 0.0130. The van der Waals surface area contributed by atoms with Crippen LogP contribution in [0.3, 0.4) is 0 Å². The quantitative estimate of drug-likeness (QED) is 0.864. The number of hydrogen-bond donors (Lipinski definition) is 2. The number of piperidine rings is 1. The summed E-state index contributed by atoms with van der Waals surface area (Å²) in [6.07, 6.45) is 2.18. The average molecular weight is 267 g/mol. The summed E-state index contributed by atoms with van der Waals surface area (Å²) >= 11 is 5.90. The second-order valence-corrected chi connectivity index (χ2v) is 5.92.